The highest BCUT2D eigenvalue weighted by molar-refractivity contribution is 7.15. The Morgan fingerprint density at radius 1 is 1.29 bits per heavy atom. The number of benzene rings is 1. The quantitative estimate of drug-likeness (QED) is 0.841. The molecule has 1 saturated carbocycles. The van der Waals surface area contributed by atoms with E-state index in [9.17, 15) is 22.8 Å². The average molecular weight is 409 g/mol. The maximum atomic E-state index is 13.3. The number of aryl methyl sites for hydroxylation is 1. The number of primary amides is 1. The number of aromatic nitrogens is 1. The number of likely N-dealkylation sites (tertiary alicyclic amines) is 1. The Labute approximate surface area is 163 Å². The van der Waals surface area contributed by atoms with Crippen molar-refractivity contribution in [3.8, 4) is 10.4 Å². The topological polar surface area (TPSA) is 76.3 Å². The van der Waals surface area contributed by atoms with E-state index in [1.165, 1.54) is 17.0 Å². The molecule has 1 aliphatic carbocycles. The highest BCUT2D eigenvalue weighted by Gasteiger charge is 2.51. The normalized spacial score (nSPS) is 24.0. The third-order valence-corrected chi connectivity index (χ3v) is 6.52. The van der Waals surface area contributed by atoms with Crippen LogP contribution in [0, 0.1) is 12.8 Å². The Balaban J connectivity index is 1.75. The van der Waals surface area contributed by atoms with Gasteiger partial charge in [0.15, 0.2) is 0 Å². The summed E-state index contributed by atoms with van der Waals surface area (Å²) in [7, 11) is 0. The molecule has 0 radical (unpaired) electrons. The molecule has 1 aromatic heterocycles. The van der Waals surface area contributed by atoms with Gasteiger partial charge in [-0.3, -0.25) is 9.59 Å². The lowest BCUT2D eigenvalue weighted by Crippen LogP contribution is -2.51. The van der Waals surface area contributed by atoms with Crippen LogP contribution in [0.25, 0.3) is 10.4 Å². The maximum absolute atomic E-state index is 13.3. The largest absolute Gasteiger partial charge is 0.416 e. The highest BCUT2D eigenvalue weighted by Crippen LogP contribution is 2.44. The molecule has 5 nitrogen and oxygen atoms in total. The van der Waals surface area contributed by atoms with Crippen molar-refractivity contribution in [1.29, 1.82) is 0 Å². The van der Waals surface area contributed by atoms with Crippen molar-refractivity contribution in [2.75, 3.05) is 0 Å². The van der Waals surface area contributed by atoms with Crippen molar-refractivity contribution < 1.29 is 22.8 Å². The molecule has 2 aromatic rings. The molecule has 0 spiro atoms. The average Bonchev–Trinajstić information content (AvgIpc) is 3.34. The summed E-state index contributed by atoms with van der Waals surface area (Å²) < 4.78 is 39.3. The number of hydrogen-bond acceptors (Lipinski definition) is 4. The van der Waals surface area contributed by atoms with Crippen molar-refractivity contribution in [1.82, 2.24) is 9.88 Å². The number of carbonyl (C=O) groups is 2. The molecule has 2 amide bonds. The van der Waals surface area contributed by atoms with E-state index in [1.54, 1.807) is 6.92 Å². The van der Waals surface area contributed by atoms with Crippen LogP contribution in [0.5, 0.6) is 0 Å². The number of halogens is 3. The number of thiazole rings is 1. The van der Waals surface area contributed by atoms with Crippen molar-refractivity contribution >= 4 is 23.2 Å². The van der Waals surface area contributed by atoms with Gasteiger partial charge in [-0.15, -0.1) is 11.3 Å². The Kier molecular flexibility index (Phi) is 4.45. The van der Waals surface area contributed by atoms with Gasteiger partial charge in [-0.25, -0.2) is 4.98 Å². The number of alkyl halides is 3. The summed E-state index contributed by atoms with van der Waals surface area (Å²) in [5, 5.41) is 0.566. The van der Waals surface area contributed by atoms with Crippen LogP contribution in [0.3, 0.4) is 0 Å². The third kappa shape index (κ3) is 3.07. The molecule has 1 saturated heterocycles. The molecule has 2 N–H and O–H groups in total. The van der Waals surface area contributed by atoms with Crippen LogP contribution in [-0.4, -0.2) is 33.8 Å². The summed E-state index contributed by atoms with van der Waals surface area (Å²) in [4.78, 5) is 31.4. The van der Waals surface area contributed by atoms with E-state index in [0.717, 1.165) is 42.7 Å². The molecule has 3 unspecified atom stereocenters. The lowest BCUT2D eigenvalue weighted by atomic mass is 9.97. The number of hydrogen-bond donors (Lipinski definition) is 1. The Morgan fingerprint density at radius 2 is 2.04 bits per heavy atom. The number of carbonyl (C=O) groups excluding carboxylic acids is 2. The van der Waals surface area contributed by atoms with E-state index in [2.05, 4.69) is 4.98 Å². The number of nitrogens with zero attached hydrogens (tertiary/aromatic N) is 2. The van der Waals surface area contributed by atoms with Gasteiger partial charge in [0.25, 0.3) is 5.91 Å². The minimum Gasteiger partial charge on any atom is -0.368 e. The van der Waals surface area contributed by atoms with Gasteiger partial charge in [-0.05, 0) is 49.8 Å². The second-order valence-electron chi connectivity index (χ2n) is 7.28. The molecule has 2 heterocycles. The SMILES string of the molecule is Cc1nc(C(=O)N2C3CCC(C3)C2C(N)=O)c(-c2cccc(C(F)(F)F)c2)s1. The second kappa shape index (κ2) is 6.58. The predicted molar refractivity (Wildman–Crippen MR) is 97.6 cm³/mol. The first-order chi connectivity index (χ1) is 13.2. The predicted octanol–water partition coefficient (Wildman–Crippen LogP) is 3.62. The molecular formula is C19H18F3N3O2S. The Hall–Kier alpha value is -2.42. The van der Waals surface area contributed by atoms with Crippen LogP contribution in [0.15, 0.2) is 24.3 Å². The zero-order valence-electron chi connectivity index (χ0n) is 15.0. The van der Waals surface area contributed by atoms with Gasteiger partial charge in [-0.1, -0.05) is 12.1 Å². The minimum atomic E-state index is -4.48. The van der Waals surface area contributed by atoms with E-state index < -0.39 is 29.6 Å². The van der Waals surface area contributed by atoms with E-state index in [0.29, 0.717) is 9.88 Å². The van der Waals surface area contributed by atoms with Crippen LogP contribution in [0.4, 0.5) is 13.2 Å². The summed E-state index contributed by atoms with van der Waals surface area (Å²) in [5.74, 6) is -0.941. The zero-order chi connectivity index (χ0) is 20.2. The van der Waals surface area contributed by atoms with E-state index in [1.807, 2.05) is 0 Å². The first-order valence-corrected chi connectivity index (χ1v) is 9.75. The summed E-state index contributed by atoms with van der Waals surface area (Å²) in [6, 6.07) is 4.09. The summed E-state index contributed by atoms with van der Waals surface area (Å²) in [6.45, 7) is 1.69. The fraction of sp³-hybridized carbons (Fsp3) is 0.421. The molecule has 3 atom stereocenters. The van der Waals surface area contributed by atoms with Crippen molar-refractivity contribution in [3.63, 3.8) is 0 Å². The minimum absolute atomic E-state index is 0.0446. The van der Waals surface area contributed by atoms with Crippen molar-refractivity contribution in [3.05, 3.63) is 40.5 Å². The van der Waals surface area contributed by atoms with Gasteiger partial charge in [0.1, 0.15) is 11.7 Å². The van der Waals surface area contributed by atoms with Crippen LogP contribution < -0.4 is 5.73 Å². The van der Waals surface area contributed by atoms with Gasteiger partial charge < -0.3 is 10.6 Å². The van der Waals surface area contributed by atoms with Gasteiger partial charge in [0, 0.05) is 6.04 Å². The molecule has 1 aliphatic heterocycles. The van der Waals surface area contributed by atoms with Crippen LogP contribution in [-0.2, 0) is 11.0 Å². The van der Waals surface area contributed by atoms with E-state index in [4.69, 9.17) is 5.73 Å². The molecule has 2 fully saturated rings. The Morgan fingerprint density at radius 3 is 2.71 bits per heavy atom. The van der Waals surface area contributed by atoms with Gasteiger partial charge in [0.2, 0.25) is 5.91 Å². The van der Waals surface area contributed by atoms with E-state index in [-0.39, 0.29) is 23.2 Å². The first kappa shape index (κ1) is 18.9. The molecule has 148 valence electrons. The van der Waals surface area contributed by atoms with Gasteiger partial charge in [0.05, 0.1) is 15.4 Å². The summed E-state index contributed by atoms with van der Waals surface area (Å²) >= 11 is 1.16. The standard InChI is InChI=1S/C19H18F3N3O2S/c1-9-24-14(16(28-9)11-3-2-4-12(7-11)19(20,21)22)18(27)25-13-6-5-10(8-13)15(25)17(23)26/h2-4,7,10,13,15H,5-6,8H2,1H3,(H2,23,26). The number of rotatable bonds is 3. The first-order valence-electron chi connectivity index (χ1n) is 8.94. The maximum Gasteiger partial charge on any atom is 0.416 e. The molecule has 2 aliphatic rings. The van der Waals surface area contributed by atoms with Gasteiger partial charge in [-0.2, -0.15) is 13.2 Å². The molecule has 4 rings (SSSR count). The van der Waals surface area contributed by atoms with Crippen molar-refractivity contribution in [2.24, 2.45) is 11.7 Å². The lowest BCUT2D eigenvalue weighted by Gasteiger charge is -2.33. The molecule has 2 bridgehead atoms. The number of piperidine rings is 1. The van der Waals surface area contributed by atoms with Crippen molar-refractivity contribution in [2.45, 2.75) is 44.4 Å². The molecule has 28 heavy (non-hydrogen) atoms. The second-order valence-corrected chi connectivity index (χ2v) is 8.48. The summed E-state index contributed by atoms with van der Waals surface area (Å²) in [6.07, 6.45) is -2.12. The van der Waals surface area contributed by atoms with Gasteiger partial charge >= 0.3 is 6.18 Å². The smallest absolute Gasteiger partial charge is 0.368 e. The number of nitrogens with two attached hydrogens (primary N) is 1. The van der Waals surface area contributed by atoms with Crippen LogP contribution in [0.2, 0.25) is 0 Å². The molecule has 1 aromatic carbocycles. The third-order valence-electron chi connectivity index (χ3n) is 5.50. The Bertz CT molecular complexity index is 956. The number of amides is 2. The zero-order valence-corrected chi connectivity index (χ0v) is 15.8. The van der Waals surface area contributed by atoms with Crippen LogP contribution >= 0.6 is 11.3 Å². The number of fused-ring (bicyclic) bond motifs is 2. The summed E-state index contributed by atoms with van der Waals surface area (Å²) in [5.41, 5.74) is 5.11. The lowest BCUT2D eigenvalue weighted by molar-refractivity contribution is -0.137. The van der Waals surface area contributed by atoms with E-state index >= 15 is 0 Å². The molecular weight excluding hydrogens is 391 g/mol. The molecule has 9 heteroatoms. The fourth-order valence-corrected chi connectivity index (χ4v) is 5.28. The highest BCUT2D eigenvalue weighted by atomic mass is 32.1. The fourth-order valence-electron chi connectivity index (χ4n) is 4.37. The van der Waals surface area contributed by atoms with Crippen LogP contribution in [0.1, 0.15) is 40.3 Å². The monoisotopic (exact) mass is 409 g/mol.